The lowest BCUT2D eigenvalue weighted by Gasteiger charge is -2.33. The molecule has 2 heterocycles. The van der Waals surface area contributed by atoms with E-state index in [0.29, 0.717) is 0 Å². The predicted molar refractivity (Wildman–Crippen MR) is 100 cm³/mol. The molecule has 3 rings (SSSR count). The van der Waals surface area contributed by atoms with E-state index >= 15 is 0 Å². The third kappa shape index (κ3) is 5.39. The SMILES string of the molecule is CN(Cc1nccn1Cc1ccccc1)CC1CCN(CCO)CC1. The Morgan fingerprint density at radius 1 is 1.20 bits per heavy atom. The molecule has 0 saturated carbocycles. The summed E-state index contributed by atoms with van der Waals surface area (Å²) >= 11 is 0. The normalized spacial score (nSPS) is 16.6. The van der Waals surface area contributed by atoms with E-state index in [-0.39, 0.29) is 6.61 Å². The molecule has 136 valence electrons. The number of β-amino-alcohol motifs (C(OH)–C–C–N with tert-alkyl or cyclic N) is 1. The molecule has 1 aromatic heterocycles. The van der Waals surface area contributed by atoms with Gasteiger partial charge in [-0.15, -0.1) is 0 Å². The van der Waals surface area contributed by atoms with E-state index in [4.69, 9.17) is 5.11 Å². The number of imidazole rings is 1. The number of piperidine rings is 1. The van der Waals surface area contributed by atoms with Gasteiger partial charge in [0.1, 0.15) is 5.82 Å². The maximum atomic E-state index is 9.05. The van der Waals surface area contributed by atoms with Crippen molar-refractivity contribution in [3.63, 3.8) is 0 Å². The molecule has 5 heteroatoms. The molecule has 5 nitrogen and oxygen atoms in total. The highest BCUT2D eigenvalue weighted by atomic mass is 16.3. The Kier molecular flexibility index (Phi) is 6.62. The van der Waals surface area contributed by atoms with Crippen LogP contribution in [0.25, 0.3) is 0 Å². The van der Waals surface area contributed by atoms with E-state index < -0.39 is 0 Å². The summed E-state index contributed by atoms with van der Waals surface area (Å²) in [4.78, 5) is 9.33. The van der Waals surface area contributed by atoms with Crippen molar-refractivity contribution in [2.45, 2.75) is 25.9 Å². The van der Waals surface area contributed by atoms with Gasteiger partial charge in [0.05, 0.1) is 13.2 Å². The summed E-state index contributed by atoms with van der Waals surface area (Å²) in [6, 6.07) is 10.5. The second kappa shape index (κ2) is 9.13. The Morgan fingerprint density at radius 2 is 1.96 bits per heavy atom. The highest BCUT2D eigenvalue weighted by molar-refractivity contribution is 5.15. The number of benzene rings is 1. The van der Waals surface area contributed by atoms with Gasteiger partial charge >= 0.3 is 0 Å². The number of aliphatic hydroxyl groups excluding tert-OH is 1. The van der Waals surface area contributed by atoms with Gasteiger partial charge in [-0.25, -0.2) is 4.98 Å². The van der Waals surface area contributed by atoms with Gasteiger partial charge in [0.25, 0.3) is 0 Å². The maximum Gasteiger partial charge on any atom is 0.123 e. The quantitative estimate of drug-likeness (QED) is 0.798. The smallest absolute Gasteiger partial charge is 0.123 e. The monoisotopic (exact) mass is 342 g/mol. The molecule has 1 aromatic carbocycles. The van der Waals surface area contributed by atoms with Crippen molar-refractivity contribution in [2.75, 3.05) is 39.8 Å². The fourth-order valence-electron chi connectivity index (χ4n) is 3.70. The average molecular weight is 342 g/mol. The highest BCUT2D eigenvalue weighted by Gasteiger charge is 2.20. The minimum absolute atomic E-state index is 0.272. The van der Waals surface area contributed by atoms with E-state index in [1.54, 1.807) is 0 Å². The molecule has 0 atom stereocenters. The van der Waals surface area contributed by atoms with Gasteiger partial charge in [-0.3, -0.25) is 4.90 Å². The van der Waals surface area contributed by atoms with Crippen molar-refractivity contribution in [3.05, 3.63) is 54.1 Å². The Balaban J connectivity index is 1.49. The molecule has 1 fully saturated rings. The van der Waals surface area contributed by atoms with Gasteiger partial charge in [0.15, 0.2) is 0 Å². The summed E-state index contributed by atoms with van der Waals surface area (Å²) in [5.74, 6) is 1.88. The van der Waals surface area contributed by atoms with Crippen LogP contribution in [0.3, 0.4) is 0 Å². The molecule has 1 aliphatic heterocycles. The summed E-state index contributed by atoms with van der Waals surface area (Å²) in [7, 11) is 2.20. The van der Waals surface area contributed by atoms with E-state index in [9.17, 15) is 0 Å². The Bertz CT molecular complexity index is 620. The first kappa shape index (κ1) is 18.1. The highest BCUT2D eigenvalue weighted by Crippen LogP contribution is 2.18. The second-order valence-corrected chi connectivity index (χ2v) is 7.16. The maximum absolute atomic E-state index is 9.05. The van der Waals surface area contributed by atoms with Gasteiger partial charge < -0.3 is 14.6 Å². The van der Waals surface area contributed by atoms with E-state index in [0.717, 1.165) is 51.0 Å². The molecule has 0 aliphatic carbocycles. The average Bonchev–Trinajstić information content (AvgIpc) is 3.04. The minimum Gasteiger partial charge on any atom is -0.395 e. The second-order valence-electron chi connectivity index (χ2n) is 7.16. The van der Waals surface area contributed by atoms with E-state index in [1.807, 2.05) is 6.20 Å². The van der Waals surface area contributed by atoms with Crippen molar-refractivity contribution < 1.29 is 5.11 Å². The summed E-state index contributed by atoms with van der Waals surface area (Å²) in [6.07, 6.45) is 6.43. The van der Waals surface area contributed by atoms with Crippen molar-refractivity contribution in [3.8, 4) is 0 Å². The largest absolute Gasteiger partial charge is 0.395 e. The minimum atomic E-state index is 0.272. The molecule has 0 unspecified atom stereocenters. The molecule has 1 aliphatic rings. The Hall–Kier alpha value is -1.69. The molecule has 25 heavy (non-hydrogen) atoms. The first-order chi connectivity index (χ1) is 12.2. The van der Waals surface area contributed by atoms with Crippen molar-refractivity contribution in [1.29, 1.82) is 0 Å². The number of aromatic nitrogens is 2. The lowest BCUT2D eigenvalue weighted by molar-refractivity contribution is 0.128. The van der Waals surface area contributed by atoms with Gasteiger partial charge in [-0.05, 0) is 44.5 Å². The standard InChI is InChI=1S/C20H30N4O/c1-22(15-19-7-10-23(11-8-19)13-14-25)17-20-21-9-12-24(20)16-18-5-3-2-4-6-18/h2-6,9,12,19,25H,7-8,10-11,13-17H2,1H3. The number of likely N-dealkylation sites (tertiary alicyclic amines) is 1. The van der Waals surface area contributed by atoms with Gasteiger partial charge in [-0.2, -0.15) is 0 Å². The Morgan fingerprint density at radius 3 is 2.68 bits per heavy atom. The zero-order valence-electron chi connectivity index (χ0n) is 15.2. The van der Waals surface area contributed by atoms with E-state index in [2.05, 4.69) is 62.9 Å². The number of hydrogen-bond donors (Lipinski definition) is 1. The third-order valence-electron chi connectivity index (χ3n) is 5.10. The van der Waals surface area contributed by atoms with Crippen LogP contribution in [0, 0.1) is 5.92 Å². The molecule has 2 aromatic rings. The van der Waals surface area contributed by atoms with Crippen LogP contribution in [0.5, 0.6) is 0 Å². The predicted octanol–water partition coefficient (Wildman–Crippen LogP) is 2.07. The Labute approximate surface area is 150 Å². The first-order valence-corrected chi connectivity index (χ1v) is 9.30. The van der Waals surface area contributed by atoms with Crippen LogP contribution in [0.2, 0.25) is 0 Å². The number of rotatable bonds is 8. The van der Waals surface area contributed by atoms with Crippen LogP contribution in [-0.4, -0.2) is 64.3 Å². The van der Waals surface area contributed by atoms with Gasteiger partial charge in [-0.1, -0.05) is 30.3 Å². The van der Waals surface area contributed by atoms with Crippen LogP contribution in [0.15, 0.2) is 42.7 Å². The van der Waals surface area contributed by atoms with Gasteiger partial charge in [0, 0.05) is 32.0 Å². The molecular weight excluding hydrogens is 312 g/mol. The zero-order valence-corrected chi connectivity index (χ0v) is 15.2. The van der Waals surface area contributed by atoms with Crippen molar-refractivity contribution >= 4 is 0 Å². The van der Waals surface area contributed by atoms with Crippen LogP contribution in [-0.2, 0) is 13.1 Å². The summed E-state index contributed by atoms with van der Waals surface area (Å²) in [5.41, 5.74) is 1.31. The molecule has 0 bridgehead atoms. The first-order valence-electron chi connectivity index (χ1n) is 9.30. The van der Waals surface area contributed by atoms with Gasteiger partial charge in [0.2, 0.25) is 0 Å². The molecule has 0 spiro atoms. The lowest BCUT2D eigenvalue weighted by atomic mass is 9.96. The zero-order chi connectivity index (χ0) is 17.5. The molecule has 0 radical (unpaired) electrons. The topological polar surface area (TPSA) is 44.5 Å². The molecule has 0 amide bonds. The van der Waals surface area contributed by atoms with Crippen LogP contribution < -0.4 is 0 Å². The molecule has 1 saturated heterocycles. The van der Waals surface area contributed by atoms with Crippen LogP contribution >= 0.6 is 0 Å². The summed E-state index contributed by atoms with van der Waals surface area (Å²) in [6.45, 7) is 6.20. The fourth-order valence-corrected chi connectivity index (χ4v) is 3.70. The summed E-state index contributed by atoms with van der Waals surface area (Å²) in [5, 5.41) is 9.05. The van der Waals surface area contributed by atoms with E-state index in [1.165, 1.54) is 18.4 Å². The molecule has 1 N–H and O–H groups in total. The van der Waals surface area contributed by atoms with Crippen LogP contribution in [0.4, 0.5) is 0 Å². The lowest BCUT2D eigenvalue weighted by Crippen LogP contribution is -2.39. The number of hydrogen-bond acceptors (Lipinski definition) is 4. The van der Waals surface area contributed by atoms with Crippen molar-refractivity contribution in [2.24, 2.45) is 5.92 Å². The molecular formula is C20H30N4O. The van der Waals surface area contributed by atoms with Crippen LogP contribution in [0.1, 0.15) is 24.2 Å². The number of nitrogens with zero attached hydrogens (tertiary/aromatic N) is 4. The van der Waals surface area contributed by atoms with Crippen molar-refractivity contribution in [1.82, 2.24) is 19.4 Å². The number of aliphatic hydroxyl groups is 1. The third-order valence-corrected chi connectivity index (χ3v) is 5.10. The summed E-state index contributed by atoms with van der Waals surface area (Å²) < 4.78 is 2.25. The fraction of sp³-hybridized carbons (Fsp3) is 0.550.